The molecule has 6 nitrogen and oxygen atoms in total. The Labute approximate surface area is 105 Å². The highest BCUT2D eigenvalue weighted by Gasteiger charge is 2.17. The van der Waals surface area contributed by atoms with Gasteiger partial charge in [0, 0.05) is 17.8 Å². The second-order valence-electron chi connectivity index (χ2n) is 4.64. The maximum absolute atomic E-state index is 9.84. The molecule has 1 N–H and O–H groups in total. The van der Waals surface area contributed by atoms with Crippen molar-refractivity contribution in [2.75, 3.05) is 7.11 Å². The molecule has 0 saturated carbocycles. The van der Waals surface area contributed by atoms with E-state index in [1.165, 1.54) is 6.33 Å². The van der Waals surface area contributed by atoms with Gasteiger partial charge >= 0.3 is 0 Å². The van der Waals surface area contributed by atoms with Crippen LogP contribution in [0, 0.1) is 0 Å². The fourth-order valence-corrected chi connectivity index (χ4v) is 1.63. The number of nitrogens with zero attached hydrogens (tertiary/aromatic N) is 4. The van der Waals surface area contributed by atoms with Gasteiger partial charge in [-0.1, -0.05) is 0 Å². The molecule has 0 radical (unpaired) electrons. The third-order valence-corrected chi connectivity index (χ3v) is 2.35. The molecule has 0 bridgehead atoms. The highest BCUT2D eigenvalue weighted by molar-refractivity contribution is 5.55. The van der Waals surface area contributed by atoms with Crippen LogP contribution < -0.4 is 4.74 Å². The van der Waals surface area contributed by atoms with Crippen LogP contribution in [0.4, 0.5) is 0 Å². The van der Waals surface area contributed by atoms with Crippen molar-refractivity contribution in [1.82, 2.24) is 19.7 Å². The average Bonchev–Trinajstić information content (AvgIpc) is 2.75. The third kappa shape index (κ3) is 2.84. The topological polar surface area (TPSA) is 73.1 Å². The summed E-state index contributed by atoms with van der Waals surface area (Å²) >= 11 is 0. The molecule has 0 atom stereocenters. The summed E-state index contributed by atoms with van der Waals surface area (Å²) in [5, 5.41) is 14.0. The summed E-state index contributed by atoms with van der Waals surface area (Å²) in [4.78, 5) is 8.25. The number of methoxy groups -OCH3 is 1. The Morgan fingerprint density at radius 2 is 2.17 bits per heavy atom. The number of hydrogen-bond donors (Lipinski definition) is 1. The highest BCUT2D eigenvalue weighted by Crippen LogP contribution is 2.20. The van der Waals surface area contributed by atoms with E-state index in [1.807, 2.05) is 6.07 Å². The zero-order chi connectivity index (χ0) is 13.2. The van der Waals surface area contributed by atoms with E-state index in [-0.39, 0.29) is 0 Å². The fourth-order valence-electron chi connectivity index (χ4n) is 1.63. The largest absolute Gasteiger partial charge is 0.481 e. The second-order valence-corrected chi connectivity index (χ2v) is 4.64. The molecular weight excluding hydrogens is 232 g/mol. The SMILES string of the molecule is COc1cc(-c2ncnn2CC(C)(C)O)ccn1. The van der Waals surface area contributed by atoms with Gasteiger partial charge in [-0.15, -0.1) is 0 Å². The molecule has 0 fully saturated rings. The highest BCUT2D eigenvalue weighted by atomic mass is 16.5. The molecule has 2 heterocycles. The summed E-state index contributed by atoms with van der Waals surface area (Å²) in [6.07, 6.45) is 3.12. The molecule has 0 spiro atoms. The van der Waals surface area contributed by atoms with Gasteiger partial charge in [-0.2, -0.15) is 5.10 Å². The molecular formula is C12H16N4O2. The molecule has 2 rings (SSSR count). The van der Waals surface area contributed by atoms with E-state index in [0.29, 0.717) is 18.2 Å². The van der Waals surface area contributed by atoms with Crippen LogP contribution >= 0.6 is 0 Å². The van der Waals surface area contributed by atoms with Crippen molar-refractivity contribution in [1.29, 1.82) is 0 Å². The number of pyridine rings is 1. The van der Waals surface area contributed by atoms with Gasteiger partial charge in [0.1, 0.15) is 6.33 Å². The van der Waals surface area contributed by atoms with E-state index in [0.717, 1.165) is 5.56 Å². The first-order valence-electron chi connectivity index (χ1n) is 5.60. The van der Waals surface area contributed by atoms with E-state index in [2.05, 4.69) is 15.1 Å². The molecule has 0 amide bonds. The maximum atomic E-state index is 9.84. The average molecular weight is 248 g/mol. The number of ether oxygens (including phenoxy) is 1. The first kappa shape index (κ1) is 12.5. The summed E-state index contributed by atoms with van der Waals surface area (Å²) in [6.45, 7) is 3.82. The molecule has 6 heteroatoms. The Balaban J connectivity index is 2.36. The van der Waals surface area contributed by atoms with Crippen LogP contribution in [0.2, 0.25) is 0 Å². The van der Waals surface area contributed by atoms with Gasteiger partial charge in [0.15, 0.2) is 5.82 Å². The summed E-state index contributed by atoms with van der Waals surface area (Å²) in [6, 6.07) is 3.61. The van der Waals surface area contributed by atoms with Crippen LogP contribution in [-0.4, -0.2) is 37.6 Å². The first-order chi connectivity index (χ1) is 8.49. The molecule has 0 aliphatic carbocycles. The zero-order valence-electron chi connectivity index (χ0n) is 10.7. The van der Waals surface area contributed by atoms with Crippen LogP contribution in [0.5, 0.6) is 5.88 Å². The van der Waals surface area contributed by atoms with Gasteiger partial charge < -0.3 is 9.84 Å². The van der Waals surface area contributed by atoms with Crippen LogP contribution in [0.3, 0.4) is 0 Å². The molecule has 0 aromatic carbocycles. The van der Waals surface area contributed by atoms with Crippen LogP contribution in [0.25, 0.3) is 11.4 Å². The Hall–Kier alpha value is -1.95. The minimum atomic E-state index is -0.848. The predicted octanol–water partition coefficient (Wildman–Crippen LogP) is 1.12. The standard InChI is InChI=1S/C12H16N4O2/c1-12(2,17)7-16-11(14-8-15-16)9-4-5-13-10(6-9)18-3/h4-6,8,17H,7H2,1-3H3. The predicted molar refractivity (Wildman–Crippen MR) is 66.1 cm³/mol. The van der Waals surface area contributed by atoms with Gasteiger partial charge in [-0.25, -0.2) is 14.6 Å². The third-order valence-electron chi connectivity index (χ3n) is 2.35. The monoisotopic (exact) mass is 248 g/mol. The Morgan fingerprint density at radius 3 is 2.83 bits per heavy atom. The number of rotatable bonds is 4. The number of aliphatic hydroxyl groups is 1. The smallest absolute Gasteiger partial charge is 0.213 e. The van der Waals surface area contributed by atoms with E-state index in [4.69, 9.17) is 4.74 Å². The molecule has 2 aromatic heterocycles. The van der Waals surface area contributed by atoms with Gasteiger partial charge in [-0.05, 0) is 19.9 Å². The molecule has 0 unspecified atom stereocenters. The Bertz CT molecular complexity index is 531. The molecule has 0 aliphatic rings. The van der Waals surface area contributed by atoms with E-state index < -0.39 is 5.60 Å². The van der Waals surface area contributed by atoms with Gasteiger partial charge in [0.25, 0.3) is 0 Å². The van der Waals surface area contributed by atoms with Crippen molar-refractivity contribution >= 4 is 0 Å². The minimum absolute atomic E-state index is 0.368. The number of aromatic nitrogens is 4. The summed E-state index contributed by atoms with van der Waals surface area (Å²) in [5.41, 5.74) is 0.00290. The van der Waals surface area contributed by atoms with Gasteiger partial charge in [-0.3, -0.25) is 0 Å². The van der Waals surface area contributed by atoms with Crippen LogP contribution in [0.15, 0.2) is 24.7 Å². The molecule has 96 valence electrons. The summed E-state index contributed by atoms with van der Waals surface area (Å²) in [5.74, 6) is 1.20. The minimum Gasteiger partial charge on any atom is -0.481 e. The lowest BCUT2D eigenvalue weighted by Crippen LogP contribution is -2.27. The van der Waals surface area contributed by atoms with Crippen molar-refractivity contribution in [2.24, 2.45) is 0 Å². The Morgan fingerprint density at radius 1 is 1.39 bits per heavy atom. The summed E-state index contributed by atoms with van der Waals surface area (Å²) in [7, 11) is 1.56. The van der Waals surface area contributed by atoms with Crippen molar-refractivity contribution in [3.8, 4) is 17.3 Å². The number of hydrogen-bond acceptors (Lipinski definition) is 5. The second kappa shape index (κ2) is 4.73. The fraction of sp³-hybridized carbons (Fsp3) is 0.417. The lowest BCUT2D eigenvalue weighted by Gasteiger charge is -2.18. The normalized spacial score (nSPS) is 11.6. The van der Waals surface area contributed by atoms with Crippen molar-refractivity contribution in [2.45, 2.75) is 26.0 Å². The van der Waals surface area contributed by atoms with E-state index in [9.17, 15) is 5.11 Å². The quantitative estimate of drug-likeness (QED) is 0.877. The molecule has 18 heavy (non-hydrogen) atoms. The lowest BCUT2D eigenvalue weighted by molar-refractivity contribution is 0.0582. The van der Waals surface area contributed by atoms with E-state index >= 15 is 0 Å². The Kier molecular flexibility index (Phi) is 3.29. The lowest BCUT2D eigenvalue weighted by atomic mass is 10.1. The molecule has 2 aromatic rings. The van der Waals surface area contributed by atoms with Crippen molar-refractivity contribution in [3.63, 3.8) is 0 Å². The molecule has 0 aliphatic heterocycles. The molecule has 0 saturated heterocycles. The zero-order valence-corrected chi connectivity index (χ0v) is 10.7. The first-order valence-corrected chi connectivity index (χ1v) is 5.60. The van der Waals surface area contributed by atoms with Crippen LogP contribution in [-0.2, 0) is 6.54 Å². The maximum Gasteiger partial charge on any atom is 0.213 e. The van der Waals surface area contributed by atoms with Crippen molar-refractivity contribution < 1.29 is 9.84 Å². The van der Waals surface area contributed by atoms with Crippen LogP contribution in [0.1, 0.15) is 13.8 Å². The van der Waals surface area contributed by atoms with E-state index in [1.54, 1.807) is 37.9 Å². The van der Waals surface area contributed by atoms with Gasteiger partial charge in [0.05, 0.1) is 19.3 Å². The van der Waals surface area contributed by atoms with Gasteiger partial charge in [0.2, 0.25) is 5.88 Å². The van der Waals surface area contributed by atoms with Crippen molar-refractivity contribution in [3.05, 3.63) is 24.7 Å². The summed E-state index contributed by atoms with van der Waals surface area (Å²) < 4.78 is 6.74.